The number of phenols is 1. The van der Waals surface area contributed by atoms with Crippen LogP contribution in [0.15, 0.2) is 97.1 Å². The number of fused-ring (bicyclic) bond motifs is 2. The van der Waals surface area contributed by atoms with Crippen molar-refractivity contribution < 1.29 is 24.6 Å². The maximum Gasteiger partial charge on any atom is 0.338 e. The lowest BCUT2D eigenvalue weighted by molar-refractivity contribution is -0.241. The molecular weight excluding hydrogens is 743 g/mol. The lowest BCUT2D eigenvalue weighted by Gasteiger charge is -2.48. The van der Waals surface area contributed by atoms with E-state index in [0.717, 1.165) is 63.9 Å². The van der Waals surface area contributed by atoms with E-state index in [1.807, 2.05) is 84.9 Å². The predicted octanol–water partition coefficient (Wildman–Crippen LogP) is 12.4. The van der Waals surface area contributed by atoms with Crippen LogP contribution in [0.3, 0.4) is 0 Å². The van der Waals surface area contributed by atoms with Crippen LogP contribution in [0.4, 0.5) is 0 Å². The van der Waals surface area contributed by atoms with Gasteiger partial charge in [-0.1, -0.05) is 133 Å². The van der Waals surface area contributed by atoms with E-state index in [1.54, 1.807) is 19.0 Å². The monoisotopic (exact) mass is 819 g/mol. The van der Waals surface area contributed by atoms with E-state index in [4.69, 9.17) is 6.07 Å². The van der Waals surface area contributed by atoms with Crippen molar-refractivity contribution in [3.05, 3.63) is 125 Å². The van der Waals surface area contributed by atoms with Gasteiger partial charge in [-0.3, -0.25) is 4.79 Å². The molecule has 5 aromatic rings. The van der Waals surface area contributed by atoms with Crippen molar-refractivity contribution >= 4 is 41.8 Å². The Labute approximate surface area is 365 Å². The average Bonchev–Trinajstić information content (AvgIpc) is 3.20. The van der Waals surface area contributed by atoms with E-state index in [0.29, 0.717) is 17.9 Å². The van der Waals surface area contributed by atoms with E-state index in [-0.39, 0.29) is 33.8 Å². The summed E-state index contributed by atoms with van der Waals surface area (Å²) in [6.45, 7) is 25.8. The number of carbonyl (C=O) groups is 2. The summed E-state index contributed by atoms with van der Waals surface area (Å²) < 4.78 is 10.4. The zero-order valence-corrected chi connectivity index (χ0v) is 39.1. The van der Waals surface area contributed by atoms with Crippen molar-refractivity contribution in [1.82, 2.24) is 9.96 Å². The smallest absolute Gasteiger partial charge is 0.338 e. The molecule has 60 heavy (non-hydrogen) atoms. The van der Waals surface area contributed by atoms with Crippen LogP contribution in [0.1, 0.15) is 146 Å². The van der Waals surface area contributed by atoms with Gasteiger partial charge in [-0.25, -0.2) is 4.79 Å². The standard InChI is InChI=1S/C15H16O2.C15H24O.C13H13NO.C9H19NO.BH/c1-2-3-10-17-15(16)14-9-8-12-6-4-5-7-13(12)11-14;1-10-8-11(14(2,3)4)13(16)12(9-10)15(5,6)7;1-14(2)13(15)12-8-7-10-5-3-4-6-11(10)9-12;1-8(2)6-5-7-9(3,4)10(8)11;/h4-9,11H,2-3,10H2,1H3;8-9,16H,1-7H3;3-9H,1-2H3;11H,5-7H2,1-4H3;1H/i;;;;1T. The molecule has 5 aromatic carbocycles. The number of aromatic hydroxyl groups is 1. The molecule has 0 atom stereocenters. The maximum absolute atomic E-state index is 11.7. The van der Waals surface area contributed by atoms with Gasteiger partial charge in [0, 0.05) is 39.1 Å². The van der Waals surface area contributed by atoms with Gasteiger partial charge in [0.05, 0.1) is 12.2 Å². The second-order valence-electron chi connectivity index (χ2n) is 19.3. The molecule has 2 radical (unpaired) electrons. The van der Waals surface area contributed by atoms with Gasteiger partial charge in [0.1, 0.15) is 5.75 Å². The zero-order chi connectivity index (χ0) is 46.3. The number of piperidine rings is 1. The van der Waals surface area contributed by atoms with E-state index < -0.39 is 0 Å². The normalized spacial score (nSPS) is 14.6. The Bertz CT molecular complexity index is 2120. The van der Waals surface area contributed by atoms with Gasteiger partial charge in [-0.2, -0.15) is 5.06 Å². The highest BCUT2D eigenvalue weighted by Crippen LogP contribution is 2.40. The van der Waals surface area contributed by atoms with Crippen LogP contribution in [0.2, 0.25) is 0 Å². The number of phenolic OH excluding ortho intramolecular Hbond substituents is 1. The Morgan fingerprint density at radius 1 is 0.733 bits per heavy atom. The van der Waals surface area contributed by atoms with Gasteiger partial charge < -0.3 is 20.0 Å². The summed E-state index contributed by atoms with van der Waals surface area (Å²) >= 11 is 0. The van der Waals surface area contributed by atoms with Crippen molar-refractivity contribution in [3.63, 3.8) is 0 Å². The Balaban J connectivity index is 0.000000279. The Kier molecular flexibility index (Phi) is 18.0. The van der Waals surface area contributed by atoms with Gasteiger partial charge in [0.25, 0.3) is 5.91 Å². The van der Waals surface area contributed by atoms with Gasteiger partial charge in [0.2, 0.25) is 0 Å². The third-order valence-corrected chi connectivity index (χ3v) is 10.7. The number of hydrogen-bond donors (Lipinski definition) is 2. The summed E-state index contributed by atoms with van der Waals surface area (Å²) in [5.41, 5.74) is 4.54. The third-order valence-electron chi connectivity index (χ3n) is 10.7. The van der Waals surface area contributed by atoms with Crippen molar-refractivity contribution in [2.75, 3.05) is 20.7 Å². The minimum atomic E-state index is -0.232. The van der Waals surface area contributed by atoms with Gasteiger partial charge in [0.15, 0.2) is 0 Å². The van der Waals surface area contributed by atoms with E-state index in [2.05, 4.69) is 104 Å². The second kappa shape index (κ2) is 21.7. The summed E-state index contributed by atoms with van der Waals surface area (Å²) in [6, 6.07) is 31.6. The van der Waals surface area contributed by atoms with Crippen molar-refractivity contribution in [1.29, 1.82) is 1.34 Å². The molecule has 1 aliphatic heterocycles. The van der Waals surface area contributed by atoms with Gasteiger partial charge >= 0.3 is 5.97 Å². The number of carbonyl (C=O) groups excluding carboxylic acids is 2. The highest BCUT2D eigenvalue weighted by molar-refractivity contribution is 5.98. The quantitative estimate of drug-likeness (QED) is 0.104. The van der Waals surface area contributed by atoms with Crippen LogP contribution < -0.4 is 0 Å². The van der Waals surface area contributed by atoms with E-state index >= 15 is 0 Å². The number of ether oxygens (including phenoxy) is 1. The summed E-state index contributed by atoms with van der Waals surface area (Å²) in [7, 11) is 7.27. The second-order valence-corrected chi connectivity index (χ2v) is 19.3. The molecule has 0 aliphatic carbocycles. The number of esters is 1. The lowest BCUT2D eigenvalue weighted by Crippen LogP contribution is -2.56. The van der Waals surface area contributed by atoms with Crippen molar-refractivity contribution in [2.24, 2.45) is 0 Å². The molecule has 7 nitrogen and oxygen atoms in total. The molecular formula is C52H73BN2O5. The molecule has 1 amide bonds. The minimum absolute atomic E-state index is 0.0178. The molecule has 1 aliphatic rings. The number of rotatable bonds is 5. The van der Waals surface area contributed by atoms with Crippen molar-refractivity contribution in [3.8, 4) is 5.75 Å². The fourth-order valence-corrected chi connectivity index (χ4v) is 7.20. The number of benzene rings is 5. The highest BCUT2D eigenvalue weighted by atomic mass is 16.5. The summed E-state index contributed by atoms with van der Waals surface area (Å²) in [5.74, 6) is 0.274. The Morgan fingerprint density at radius 3 is 1.55 bits per heavy atom. The van der Waals surface area contributed by atoms with E-state index in [9.17, 15) is 19.9 Å². The fraction of sp³-hybridized carbons (Fsp3) is 0.462. The first-order chi connectivity index (χ1) is 28.4. The van der Waals surface area contributed by atoms with Crippen LogP contribution in [-0.2, 0) is 15.6 Å². The molecule has 0 spiro atoms. The predicted molar refractivity (Wildman–Crippen MR) is 254 cm³/mol. The molecule has 6 rings (SSSR count). The highest BCUT2D eigenvalue weighted by Gasteiger charge is 2.40. The molecule has 0 aromatic heterocycles. The van der Waals surface area contributed by atoms with E-state index in [1.165, 1.54) is 17.0 Å². The van der Waals surface area contributed by atoms with Gasteiger partial charge in [-0.15, -0.1) is 0 Å². The SMILES string of the molecule is CC1(C)CCCC(C)(C)N1O.CCCCOC(=O)c1ccc2ccccc2c1.CN(C)C(=O)c1ccc2ccccc2c1.Cc1cc(C(C)(C)C)c(O)c(C(C)(C)C)c1.[3H][B]. The van der Waals surface area contributed by atoms with Crippen LogP contribution in [0, 0.1) is 6.92 Å². The molecule has 1 fully saturated rings. The molecule has 0 saturated carbocycles. The molecule has 0 unspecified atom stereocenters. The number of nitrogens with zero attached hydrogens (tertiary/aromatic N) is 2. The molecule has 1 saturated heterocycles. The van der Waals surface area contributed by atoms with Crippen LogP contribution in [0.25, 0.3) is 21.5 Å². The lowest BCUT2D eigenvalue weighted by atomic mass is 9.78. The Morgan fingerprint density at radius 2 is 1.15 bits per heavy atom. The Hall–Kier alpha value is -4.66. The number of hydroxylamine groups is 2. The van der Waals surface area contributed by atoms with Crippen LogP contribution >= 0.6 is 0 Å². The zero-order valence-electron chi connectivity index (χ0n) is 40.1. The molecule has 324 valence electrons. The first-order valence-corrected chi connectivity index (χ1v) is 21.1. The third kappa shape index (κ3) is 14.5. The average molecular weight is 819 g/mol. The number of amides is 1. The summed E-state index contributed by atoms with van der Waals surface area (Å²) in [4.78, 5) is 25.0. The number of hydrogen-bond acceptors (Lipinski definition) is 6. The molecule has 0 bridgehead atoms. The first-order valence-electron chi connectivity index (χ1n) is 21.7. The minimum Gasteiger partial charge on any atom is -0.507 e. The number of aryl methyl sites for hydroxylation is 1. The van der Waals surface area contributed by atoms with Crippen LogP contribution in [-0.4, -0.2) is 73.6 Å². The maximum atomic E-state index is 11.7. The topological polar surface area (TPSA) is 90.3 Å². The molecule has 8 heteroatoms. The summed E-state index contributed by atoms with van der Waals surface area (Å²) in [5, 5.41) is 26.2. The van der Waals surface area contributed by atoms with Crippen LogP contribution in [0.5, 0.6) is 5.75 Å². The van der Waals surface area contributed by atoms with Gasteiger partial charge in [-0.05, 0) is 129 Å². The first kappa shape index (κ1) is 49.7. The molecule has 1 heterocycles. The van der Waals surface area contributed by atoms with Crippen molar-refractivity contribution in [2.45, 2.75) is 137 Å². The fourth-order valence-electron chi connectivity index (χ4n) is 7.20. The summed E-state index contributed by atoms with van der Waals surface area (Å²) in [6.07, 6.45) is 5.35. The number of unbranched alkanes of at least 4 members (excludes halogenated alkanes) is 1. The molecule has 2 N–H and O–H groups in total. The largest absolute Gasteiger partial charge is 0.507 e.